The maximum Gasteiger partial charge on any atom is 0.256 e. The van der Waals surface area contributed by atoms with Crippen molar-refractivity contribution in [2.75, 3.05) is 86.4 Å². The summed E-state index contributed by atoms with van der Waals surface area (Å²) in [4.78, 5) is 23.4. The second-order valence-corrected chi connectivity index (χ2v) is 11.6. The van der Waals surface area contributed by atoms with Crippen LogP contribution in [0.15, 0.2) is 36.4 Å². The number of rotatable bonds is 9. The second kappa shape index (κ2) is 12.3. The summed E-state index contributed by atoms with van der Waals surface area (Å²) < 4.78 is 18.9. The van der Waals surface area contributed by atoms with E-state index in [0.29, 0.717) is 6.79 Å². The van der Waals surface area contributed by atoms with E-state index in [1.165, 1.54) is 5.56 Å². The molecule has 0 atom stereocenters. The van der Waals surface area contributed by atoms with Gasteiger partial charge in [-0.15, -0.1) is 0 Å². The molecule has 2 fully saturated rings. The Hall–Kier alpha value is -3.27. The van der Waals surface area contributed by atoms with Crippen molar-refractivity contribution >= 4 is 16.8 Å². The molecule has 4 heterocycles. The molecule has 2 saturated heterocycles. The Kier molecular flexibility index (Phi) is 8.37. The van der Waals surface area contributed by atoms with E-state index in [0.717, 1.165) is 124 Å². The molecule has 0 radical (unpaired) electrons. The van der Waals surface area contributed by atoms with E-state index in [-0.39, 0.29) is 5.91 Å². The van der Waals surface area contributed by atoms with Gasteiger partial charge in [0.15, 0.2) is 11.5 Å². The van der Waals surface area contributed by atoms with Crippen LogP contribution in [0.4, 0.5) is 0 Å². The number of nitrogens with zero attached hydrogens (tertiary/aromatic N) is 5. The SMILES string of the molecule is COc1ccc2c(c1)c(C(=O)N1CCN(CCc3ccc4c(c3)OCO4)CC1)c(C)n2CCCN1CCN(C)CC1. The summed E-state index contributed by atoms with van der Waals surface area (Å²) in [6.07, 6.45) is 2.02. The molecular weight excluding hydrogens is 518 g/mol. The monoisotopic (exact) mass is 561 g/mol. The molecule has 0 N–H and O–H groups in total. The number of hydrogen-bond acceptors (Lipinski definition) is 7. The van der Waals surface area contributed by atoms with Crippen LogP contribution in [-0.4, -0.2) is 116 Å². The lowest BCUT2D eigenvalue weighted by Crippen LogP contribution is -2.49. The zero-order chi connectivity index (χ0) is 28.3. The number of carbonyl (C=O) groups is 1. The molecule has 0 spiro atoms. The Bertz CT molecular complexity index is 1370. The topological polar surface area (TPSA) is 62.7 Å². The van der Waals surface area contributed by atoms with Crippen LogP contribution in [0.3, 0.4) is 0 Å². The van der Waals surface area contributed by atoms with Crippen LogP contribution >= 0.6 is 0 Å². The van der Waals surface area contributed by atoms with Gasteiger partial charge >= 0.3 is 0 Å². The Morgan fingerprint density at radius 1 is 0.854 bits per heavy atom. The van der Waals surface area contributed by atoms with Gasteiger partial charge in [0.25, 0.3) is 5.91 Å². The predicted octanol–water partition coefficient (Wildman–Crippen LogP) is 3.33. The first kappa shape index (κ1) is 27.9. The number of aryl methyl sites for hydroxylation is 1. The number of methoxy groups -OCH3 is 1. The van der Waals surface area contributed by atoms with Gasteiger partial charge in [0.05, 0.1) is 12.7 Å². The molecule has 1 amide bonds. The number of ether oxygens (including phenoxy) is 3. The van der Waals surface area contributed by atoms with E-state index >= 15 is 0 Å². The highest BCUT2D eigenvalue weighted by molar-refractivity contribution is 6.08. The molecule has 2 aromatic carbocycles. The van der Waals surface area contributed by atoms with Crippen molar-refractivity contribution in [2.45, 2.75) is 26.3 Å². The van der Waals surface area contributed by atoms with E-state index in [9.17, 15) is 4.79 Å². The number of piperazine rings is 2. The second-order valence-electron chi connectivity index (χ2n) is 11.6. The minimum Gasteiger partial charge on any atom is -0.497 e. The maximum atomic E-state index is 14.0. The first-order valence-electron chi connectivity index (χ1n) is 15.0. The summed E-state index contributed by atoms with van der Waals surface area (Å²) >= 11 is 0. The molecule has 9 nitrogen and oxygen atoms in total. The normalized spacial score (nSPS) is 18.4. The lowest BCUT2D eigenvalue weighted by atomic mass is 10.1. The molecule has 41 heavy (non-hydrogen) atoms. The van der Waals surface area contributed by atoms with Gasteiger partial charge in [0.1, 0.15) is 5.75 Å². The molecule has 3 aromatic rings. The van der Waals surface area contributed by atoms with Crippen molar-refractivity contribution in [2.24, 2.45) is 0 Å². The van der Waals surface area contributed by atoms with Gasteiger partial charge in [-0.2, -0.15) is 0 Å². The highest BCUT2D eigenvalue weighted by atomic mass is 16.7. The molecule has 220 valence electrons. The zero-order valence-corrected chi connectivity index (χ0v) is 24.7. The largest absolute Gasteiger partial charge is 0.497 e. The fraction of sp³-hybridized carbons (Fsp3) is 0.531. The van der Waals surface area contributed by atoms with Crippen molar-refractivity contribution in [1.82, 2.24) is 24.2 Å². The smallest absolute Gasteiger partial charge is 0.256 e. The van der Waals surface area contributed by atoms with E-state index in [4.69, 9.17) is 14.2 Å². The number of fused-ring (bicyclic) bond motifs is 2. The molecule has 3 aliphatic heterocycles. The van der Waals surface area contributed by atoms with Gasteiger partial charge in [-0.25, -0.2) is 0 Å². The number of carbonyl (C=O) groups excluding carboxylic acids is 1. The summed E-state index contributed by atoms with van der Waals surface area (Å²) in [6, 6.07) is 12.3. The van der Waals surface area contributed by atoms with Gasteiger partial charge in [-0.05, 0) is 69.3 Å². The molecular formula is C32H43N5O4. The lowest BCUT2D eigenvalue weighted by Gasteiger charge is -2.35. The van der Waals surface area contributed by atoms with Gasteiger partial charge < -0.3 is 33.5 Å². The summed E-state index contributed by atoms with van der Waals surface area (Å²) in [6.45, 7) is 13.1. The molecule has 9 heteroatoms. The molecule has 0 saturated carbocycles. The van der Waals surface area contributed by atoms with Gasteiger partial charge in [-0.3, -0.25) is 9.69 Å². The first-order valence-corrected chi connectivity index (χ1v) is 15.0. The summed E-state index contributed by atoms with van der Waals surface area (Å²) in [5.74, 6) is 2.58. The number of hydrogen-bond donors (Lipinski definition) is 0. The molecule has 6 rings (SSSR count). The number of amides is 1. The van der Waals surface area contributed by atoms with E-state index in [2.05, 4.69) is 51.4 Å². The van der Waals surface area contributed by atoms with Crippen LogP contribution in [0.25, 0.3) is 10.9 Å². The van der Waals surface area contributed by atoms with Crippen LogP contribution in [0.2, 0.25) is 0 Å². The van der Waals surface area contributed by atoms with Crippen molar-refractivity contribution in [3.8, 4) is 17.2 Å². The van der Waals surface area contributed by atoms with Crippen molar-refractivity contribution in [3.63, 3.8) is 0 Å². The molecule has 3 aliphatic rings. The van der Waals surface area contributed by atoms with E-state index < -0.39 is 0 Å². The molecule has 0 aliphatic carbocycles. The number of likely N-dealkylation sites (N-methyl/N-ethyl adjacent to an activating group) is 1. The van der Waals surface area contributed by atoms with Crippen molar-refractivity contribution in [3.05, 3.63) is 53.2 Å². The summed E-state index contributed by atoms with van der Waals surface area (Å²) in [5, 5.41) is 0.997. The highest BCUT2D eigenvalue weighted by Crippen LogP contribution is 2.33. The van der Waals surface area contributed by atoms with Crippen LogP contribution < -0.4 is 14.2 Å². The fourth-order valence-electron chi connectivity index (χ4n) is 6.39. The average Bonchev–Trinajstić information content (AvgIpc) is 3.58. The maximum absolute atomic E-state index is 14.0. The van der Waals surface area contributed by atoms with Gasteiger partial charge in [0.2, 0.25) is 6.79 Å². The Balaban J connectivity index is 1.10. The van der Waals surface area contributed by atoms with Crippen molar-refractivity contribution in [1.29, 1.82) is 0 Å². The summed E-state index contributed by atoms with van der Waals surface area (Å²) in [5.41, 5.74) is 4.25. The van der Waals surface area contributed by atoms with E-state index in [1.54, 1.807) is 7.11 Å². The number of aromatic nitrogens is 1. The van der Waals surface area contributed by atoms with E-state index in [1.807, 2.05) is 23.1 Å². The molecule has 1 aromatic heterocycles. The minimum atomic E-state index is 0.133. The van der Waals surface area contributed by atoms with Gasteiger partial charge in [-0.1, -0.05) is 6.07 Å². The summed E-state index contributed by atoms with van der Waals surface area (Å²) in [7, 11) is 3.88. The van der Waals surface area contributed by atoms with Gasteiger partial charge in [0, 0.05) is 82.0 Å². The number of benzene rings is 2. The fourth-order valence-corrected chi connectivity index (χ4v) is 6.39. The third-order valence-electron chi connectivity index (χ3n) is 9.01. The molecule has 0 bridgehead atoms. The van der Waals surface area contributed by atoms with Crippen LogP contribution in [0.1, 0.15) is 28.0 Å². The first-order chi connectivity index (χ1) is 20.0. The average molecular weight is 562 g/mol. The third-order valence-corrected chi connectivity index (χ3v) is 9.01. The zero-order valence-electron chi connectivity index (χ0n) is 24.7. The highest BCUT2D eigenvalue weighted by Gasteiger charge is 2.28. The quantitative estimate of drug-likeness (QED) is 0.397. The van der Waals surface area contributed by atoms with Crippen LogP contribution in [0.5, 0.6) is 17.2 Å². The lowest BCUT2D eigenvalue weighted by molar-refractivity contribution is 0.0639. The molecule has 0 unspecified atom stereocenters. The predicted molar refractivity (Wildman–Crippen MR) is 160 cm³/mol. The standard InChI is InChI=1S/C32H43N5O4/c1-24-31(27-22-26(39-3)6-7-28(27)37(24)11-4-10-34-15-13-33(2)14-16-34)32(38)36-19-17-35(18-20-36)12-9-25-5-8-29-30(21-25)41-23-40-29/h5-8,21-22H,4,9-20,23H2,1-3H3. The minimum absolute atomic E-state index is 0.133. The van der Waals surface area contributed by atoms with Crippen molar-refractivity contribution < 1.29 is 19.0 Å². The van der Waals surface area contributed by atoms with Crippen LogP contribution in [-0.2, 0) is 13.0 Å². The van der Waals surface area contributed by atoms with Crippen LogP contribution in [0, 0.1) is 6.92 Å². The third kappa shape index (κ3) is 6.03. The Morgan fingerprint density at radius 3 is 2.37 bits per heavy atom. The Labute approximate surface area is 243 Å². The Morgan fingerprint density at radius 2 is 1.59 bits per heavy atom.